The quantitative estimate of drug-likeness (QED) is 0.734. The van der Waals surface area contributed by atoms with Crippen LogP contribution in [0.5, 0.6) is 5.75 Å². The van der Waals surface area contributed by atoms with Gasteiger partial charge >= 0.3 is 5.97 Å². The monoisotopic (exact) mass is 286 g/mol. The first-order valence-corrected chi connectivity index (χ1v) is 6.76. The van der Waals surface area contributed by atoms with Crippen LogP contribution in [0.25, 0.3) is 0 Å². The highest BCUT2D eigenvalue weighted by Gasteiger charge is 2.33. The summed E-state index contributed by atoms with van der Waals surface area (Å²) in [5.41, 5.74) is -0.745. The topological polar surface area (TPSA) is 46.5 Å². The number of aliphatic carboxylic acids is 1. The van der Waals surface area contributed by atoms with Crippen molar-refractivity contribution in [1.82, 2.24) is 0 Å². The number of halogens is 2. The van der Waals surface area contributed by atoms with E-state index in [1.807, 2.05) is 13.8 Å². The molecule has 0 amide bonds. The molecule has 0 aliphatic carbocycles. The fourth-order valence-corrected chi connectivity index (χ4v) is 2.20. The van der Waals surface area contributed by atoms with Crippen molar-refractivity contribution in [2.45, 2.75) is 39.5 Å². The fraction of sp³-hybridized carbons (Fsp3) is 0.533. The number of carboxylic acids is 1. The Balaban J connectivity index is 2.50. The van der Waals surface area contributed by atoms with Crippen molar-refractivity contribution in [2.75, 3.05) is 6.61 Å². The van der Waals surface area contributed by atoms with Gasteiger partial charge in [-0.2, -0.15) is 0 Å². The van der Waals surface area contributed by atoms with Crippen molar-refractivity contribution in [3.63, 3.8) is 0 Å². The maximum absolute atomic E-state index is 13.3. The summed E-state index contributed by atoms with van der Waals surface area (Å²) in [5.74, 6) is -2.23. The molecule has 20 heavy (non-hydrogen) atoms. The van der Waals surface area contributed by atoms with Crippen LogP contribution in [-0.4, -0.2) is 17.7 Å². The lowest BCUT2D eigenvalue weighted by Gasteiger charge is -2.26. The molecular formula is C15H20F2O3. The highest BCUT2D eigenvalue weighted by atomic mass is 19.1. The largest absolute Gasteiger partial charge is 0.491 e. The summed E-state index contributed by atoms with van der Waals surface area (Å²) in [6.07, 6.45) is 2.07. The van der Waals surface area contributed by atoms with Gasteiger partial charge in [0.05, 0.1) is 12.0 Å². The normalized spacial score (nSPS) is 11.4. The van der Waals surface area contributed by atoms with Gasteiger partial charge < -0.3 is 9.84 Å². The van der Waals surface area contributed by atoms with E-state index in [2.05, 4.69) is 0 Å². The number of hydrogen-bond donors (Lipinski definition) is 1. The van der Waals surface area contributed by atoms with Crippen LogP contribution in [0.3, 0.4) is 0 Å². The second-order valence-electron chi connectivity index (χ2n) is 4.82. The van der Waals surface area contributed by atoms with Gasteiger partial charge in [0.25, 0.3) is 0 Å². The van der Waals surface area contributed by atoms with Crippen molar-refractivity contribution in [3.05, 3.63) is 29.8 Å². The highest BCUT2D eigenvalue weighted by Crippen LogP contribution is 2.32. The van der Waals surface area contributed by atoms with Gasteiger partial charge in [0.1, 0.15) is 5.82 Å². The molecule has 0 radical (unpaired) electrons. The Morgan fingerprint density at radius 3 is 2.45 bits per heavy atom. The summed E-state index contributed by atoms with van der Waals surface area (Å²) in [6.45, 7) is 3.90. The highest BCUT2D eigenvalue weighted by molar-refractivity contribution is 5.74. The summed E-state index contributed by atoms with van der Waals surface area (Å²) in [6, 6.07) is 3.11. The maximum atomic E-state index is 13.3. The number of hydrogen-bond acceptors (Lipinski definition) is 2. The van der Waals surface area contributed by atoms with Crippen LogP contribution in [-0.2, 0) is 4.79 Å². The molecule has 0 aliphatic heterocycles. The average molecular weight is 286 g/mol. The minimum Gasteiger partial charge on any atom is -0.491 e. The van der Waals surface area contributed by atoms with E-state index < -0.39 is 23.0 Å². The molecule has 1 N–H and O–H groups in total. The Bertz CT molecular complexity index is 456. The van der Waals surface area contributed by atoms with Crippen molar-refractivity contribution in [2.24, 2.45) is 5.41 Å². The summed E-state index contributed by atoms with van der Waals surface area (Å²) >= 11 is 0. The molecule has 1 rings (SSSR count). The minimum atomic E-state index is -0.810. The predicted molar refractivity (Wildman–Crippen MR) is 71.7 cm³/mol. The van der Waals surface area contributed by atoms with E-state index in [0.29, 0.717) is 25.7 Å². The Morgan fingerprint density at radius 2 is 1.95 bits per heavy atom. The standard InChI is InChI=1S/C15H20F2O3/c1-3-15(4-2,14(18)19)8-5-9-20-13-7-6-11(16)10-12(13)17/h6-7,10H,3-5,8-9H2,1-2H3,(H,18,19). The first-order chi connectivity index (χ1) is 9.45. The average Bonchev–Trinajstić information content (AvgIpc) is 2.41. The molecule has 0 unspecified atom stereocenters. The minimum absolute atomic E-state index is 0.0136. The second kappa shape index (κ2) is 7.22. The third-order valence-electron chi connectivity index (χ3n) is 3.76. The van der Waals surface area contributed by atoms with E-state index in [1.165, 1.54) is 6.07 Å². The lowest BCUT2D eigenvalue weighted by molar-refractivity contribution is -0.150. The Morgan fingerprint density at radius 1 is 1.30 bits per heavy atom. The second-order valence-corrected chi connectivity index (χ2v) is 4.82. The van der Waals surface area contributed by atoms with Crippen LogP contribution in [0.4, 0.5) is 8.78 Å². The summed E-state index contributed by atoms with van der Waals surface area (Å²) in [7, 11) is 0. The molecule has 0 bridgehead atoms. The SMILES string of the molecule is CCC(CC)(CCCOc1ccc(F)cc1F)C(=O)O. The van der Waals surface area contributed by atoms with E-state index in [1.54, 1.807) is 0 Å². The van der Waals surface area contributed by atoms with Gasteiger partial charge in [0, 0.05) is 6.07 Å². The van der Waals surface area contributed by atoms with Crippen LogP contribution in [0.2, 0.25) is 0 Å². The number of rotatable bonds is 8. The molecule has 3 nitrogen and oxygen atoms in total. The van der Waals surface area contributed by atoms with Gasteiger partial charge in [-0.15, -0.1) is 0 Å². The van der Waals surface area contributed by atoms with Crippen molar-refractivity contribution in [1.29, 1.82) is 0 Å². The number of carboxylic acid groups (broad SMARTS) is 1. The van der Waals surface area contributed by atoms with E-state index >= 15 is 0 Å². The zero-order valence-corrected chi connectivity index (χ0v) is 11.8. The predicted octanol–water partition coefficient (Wildman–Crippen LogP) is 4.01. The van der Waals surface area contributed by atoms with Crippen LogP contribution in [0.1, 0.15) is 39.5 Å². The van der Waals surface area contributed by atoms with Crippen LogP contribution < -0.4 is 4.74 Å². The molecule has 0 aromatic heterocycles. The van der Waals surface area contributed by atoms with E-state index in [-0.39, 0.29) is 12.4 Å². The molecule has 0 aliphatic rings. The Kier molecular flexibility index (Phi) is 5.92. The zero-order chi connectivity index (χ0) is 15.2. The molecule has 0 fully saturated rings. The van der Waals surface area contributed by atoms with Crippen molar-refractivity contribution >= 4 is 5.97 Å². The lowest BCUT2D eigenvalue weighted by Crippen LogP contribution is -2.30. The third-order valence-corrected chi connectivity index (χ3v) is 3.76. The molecule has 1 aromatic carbocycles. The molecule has 0 saturated heterocycles. The van der Waals surface area contributed by atoms with Crippen LogP contribution in [0, 0.1) is 17.0 Å². The molecule has 0 saturated carbocycles. The van der Waals surface area contributed by atoms with Gasteiger partial charge in [0.2, 0.25) is 0 Å². The smallest absolute Gasteiger partial charge is 0.309 e. The van der Waals surface area contributed by atoms with Gasteiger partial charge in [-0.05, 0) is 37.8 Å². The zero-order valence-electron chi connectivity index (χ0n) is 11.8. The molecule has 5 heteroatoms. The van der Waals surface area contributed by atoms with Crippen LogP contribution in [0.15, 0.2) is 18.2 Å². The molecule has 0 spiro atoms. The summed E-state index contributed by atoms with van der Waals surface area (Å²) in [4.78, 5) is 11.3. The molecule has 1 aromatic rings. The first kappa shape index (κ1) is 16.4. The van der Waals surface area contributed by atoms with Gasteiger partial charge in [-0.25, -0.2) is 8.78 Å². The van der Waals surface area contributed by atoms with Gasteiger partial charge in [0.15, 0.2) is 11.6 Å². The van der Waals surface area contributed by atoms with E-state index in [0.717, 1.165) is 12.1 Å². The molecular weight excluding hydrogens is 266 g/mol. The first-order valence-electron chi connectivity index (χ1n) is 6.76. The molecule has 0 atom stereocenters. The number of carbonyl (C=O) groups is 1. The summed E-state index contributed by atoms with van der Waals surface area (Å²) in [5, 5.41) is 9.27. The Hall–Kier alpha value is -1.65. The molecule has 0 heterocycles. The van der Waals surface area contributed by atoms with E-state index in [4.69, 9.17) is 4.74 Å². The number of ether oxygens (including phenoxy) is 1. The maximum Gasteiger partial charge on any atom is 0.309 e. The van der Waals surface area contributed by atoms with Crippen molar-refractivity contribution < 1.29 is 23.4 Å². The number of benzene rings is 1. The third kappa shape index (κ3) is 3.92. The van der Waals surface area contributed by atoms with Gasteiger partial charge in [-0.1, -0.05) is 13.8 Å². The van der Waals surface area contributed by atoms with E-state index in [9.17, 15) is 18.7 Å². The fourth-order valence-electron chi connectivity index (χ4n) is 2.20. The Labute approximate surface area is 117 Å². The van der Waals surface area contributed by atoms with Crippen molar-refractivity contribution in [3.8, 4) is 5.75 Å². The summed E-state index contributed by atoms with van der Waals surface area (Å²) < 4.78 is 31.2. The molecule has 112 valence electrons. The van der Waals surface area contributed by atoms with Gasteiger partial charge in [-0.3, -0.25) is 4.79 Å². The lowest BCUT2D eigenvalue weighted by atomic mass is 9.78. The van der Waals surface area contributed by atoms with Crippen LogP contribution >= 0.6 is 0 Å².